The van der Waals surface area contributed by atoms with E-state index in [0.717, 1.165) is 0 Å². The number of hydrogen-bond donors (Lipinski definition) is 0. The van der Waals surface area contributed by atoms with E-state index < -0.39 is 0 Å². The Labute approximate surface area is 56.4 Å². The van der Waals surface area contributed by atoms with Gasteiger partial charge in [-0.1, -0.05) is 6.92 Å². The molecule has 1 saturated carbocycles. The minimum absolute atomic E-state index is 0.417. The minimum Gasteiger partial charge on any atom is -0.372 e. The molecule has 9 heavy (non-hydrogen) atoms. The number of ether oxygens (including phenoxy) is 1. The molecule has 0 aromatic rings. The summed E-state index contributed by atoms with van der Waals surface area (Å²) in [7, 11) is 0. The second-order valence-corrected chi connectivity index (χ2v) is 3.37. The van der Waals surface area contributed by atoms with Crippen molar-refractivity contribution < 1.29 is 4.74 Å². The smallest absolute Gasteiger partial charge is 0.0689 e. The van der Waals surface area contributed by atoms with E-state index in [0.29, 0.717) is 11.7 Å². The molecule has 1 aliphatic heterocycles. The van der Waals surface area contributed by atoms with E-state index in [-0.39, 0.29) is 0 Å². The third-order valence-electron chi connectivity index (χ3n) is 2.60. The fraction of sp³-hybridized carbons (Fsp3) is 1.00. The minimum atomic E-state index is 0.417. The monoisotopic (exact) mass is 126 g/mol. The van der Waals surface area contributed by atoms with E-state index in [2.05, 4.69) is 6.92 Å². The van der Waals surface area contributed by atoms with Gasteiger partial charge in [0, 0.05) is 0 Å². The Morgan fingerprint density at radius 1 is 1.44 bits per heavy atom. The first kappa shape index (κ1) is 5.72. The quantitative estimate of drug-likeness (QED) is 0.523. The van der Waals surface area contributed by atoms with E-state index >= 15 is 0 Å². The molecule has 1 unspecified atom stereocenters. The van der Waals surface area contributed by atoms with Gasteiger partial charge in [0.15, 0.2) is 0 Å². The first-order chi connectivity index (χ1) is 4.35. The van der Waals surface area contributed by atoms with Crippen LogP contribution in [0, 0.1) is 0 Å². The van der Waals surface area contributed by atoms with Gasteiger partial charge in [0.1, 0.15) is 0 Å². The van der Waals surface area contributed by atoms with Crippen LogP contribution in [-0.4, -0.2) is 11.7 Å². The highest BCUT2D eigenvalue weighted by molar-refractivity contribution is 5.00. The normalized spacial score (nSPS) is 37.7. The highest BCUT2D eigenvalue weighted by atomic mass is 16.5. The second-order valence-electron chi connectivity index (χ2n) is 3.37. The van der Waals surface area contributed by atoms with Crippen molar-refractivity contribution in [1.82, 2.24) is 0 Å². The maximum atomic E-state index is 5.81. The Kier molecular flexibility index (Phi) is 1.10. The molecule has 52 valence electrons. The summed E-state index contributed by atoms with van der Waals surface area (Å²) < 4.78 is 5.81. The van der Waals surface area contributed by atoms with Crippen molar-refractivity contribution in [2.45, 2.75) is 50.7 Å². The predicted molar refractivity (Wildman–Crippen MR) is 36.4 cm³/mol. The molecule has 1 aliphatic carbocycles. The molecule has 0 N–H and O–H groups in total. The SMILES string of the molecule is CCC1CCC2(CC2)O1. The molecule has 2 rings (SSSR count). The molecule has 1 heterocycles. The summed E-state index contributed by atoms with van der Waals surface area (Å²) in [6.45, 7) is 2.21. The van der Waals surface area contributed by atoms with E-state index in [1.807, 2.05) is 0 Å². The predicted octanol–water partition coefficient (Wildman–Crippen LogP) is 2.11. The van der Waals surface area contributed by atoms with Gasteiger partial charge < -0.3 is 4.74 Å². The van der Waals surface area contributed by atoms with Gasteiger partial charge in [0.2, 0.25) is 0 Å². The van der Waals surface area contributed by atoms with E-state index in [4.69, 9.17) is 4.74 Å². The van der Waals surface area contributed by atoms with Gasteiger partial charge in [-0.3, -0.25) is 0 Å². The molecule has 0 bridgehead atoms. The van der Waals surface area contributed by atoms with Crippen LogP contribution >= 0.6 is 0 Å². The number of hydrogen-bond acceptors (Lipinski definition) is 1. The zero-order chi connectivity index (χ0) is 6.32. The summed E-state index contributed by atoms with van der Waals surface area (Å²) in [4.78, 5) is 0. The summed E-state index contributed by atoms with van der Waals surface area (Å²) >= 11 is 0. The molecule has 2 fully saturated rings. The lowest BCUT2D eigenvalue weighted by Crippen LogP contribution is -2.09. The lowest BCUT2D eigenvalue weighted by molar-refractivity contribution is 0.0266. The summed E-state index contributed by atoms with van der Waals surface area (Å²) in [5.74, 6) is 0. The van der Waals surface area contributed by atoms with E-state index in [9.17, 15) is 0 Å². The third-order valence-corrected chi connectivity index (χ3v) is 2.60. The van der Waals surface area contributed by atoms with Crippen LogP contribution in [0.3, 0.4) is 0 Å². The average Bonchev–Trinajstić information content (AvgIpc) is 2.44. The molecule has 0 radical (unpaired) electrons. The van der Waals surface area contributed by atoms with Crippen molar-refractivity contribution >= 4 is 0 Å². The molecular weight excluding hydrogens is 112 g/mol. The molecule has 1 saturated heterocycles. The van der Waals surface area contributed by atoms with Crippen LogP contribution in [-0.2, 0) is 4.74 Å². The van der Waals surface area contributed by atoms with Gasteiger partial charge in [-0.15, -0.1) is 0 Å². The van der Waals surface area contributed by atoms with Crippen LogP contribution in [0.2, 0.25) is 0 Å². The molecule has 0 amide bonds. The zero-order valence-electron chi connectivity index (χ0n) is 6.02. The Morgan fingerprint density at radius 3 is 2.56 bits per heavy atom. The molecular formula is C8H14O. The summed E-state index contributed by atoms with van der Waals surface area (Å²) in [5, 5.41) is 0. The molecule has 1 heteroatoms. The summed E-state index contributed by atoms with van der Waals surface area (Å²) in [6.07, 6.45) is 7.14. The number of rotatable bonds is 1. The topological polar surface area (TPSA) is 9.23 Å². The Hall–Kier alpha value is -0.0400. The van der Waals surface area contributed by atoms with Crippen molar-refractivity contribution in [3.8, 4) is 0 Å². The van der Waals surface area contributed by atoms with Gasteiger partial charge in [-0.2, -0.15) is 0 Å². The van der Waals surface area contributed by atoms with Crippen LogP contribution < -0.4 is 0 Å². The average molecular weight is 126 g/mol. The van der Waals surface area contributed by atoms with E-state index in [1.165, 1.54) is 32.1 Å². The van der Waals surface area contributed by atoms with E-state index in [1.54, 1.807) is 0 Å². The molecule has 1 spiro atoms. The Balaban J connectivity index is 1.93. The molecule has 1 atom stereocenters. The van der Waals surface area contributed by atoms with Gasteiger partial charge >= 0.3 is 0 Å². The molecule has 1 nitrogen and oxygen atoms in total. The van der Waals surface area contributed by atoms with Crippen molar-refractivity contribution in [3.63, 3.8) is 0 Å². The first-order valence-corrected chi connectivity index (χ1v) is 4.02. The van der Waals surface area contributed by atoms with Gasteiger partial charge in [-0.05, 0) is 32.1 Å². The standard InChI is InChI=1S/C8H14O/c1-2-7-3-4-8(9-7)5-6-8/h7H,2-6H2,1H3. The van der Waals surface area contributed by atoms with Crippen molar-refractivity contribution in [2.75, 3.05) is 0 Å². The van der Waals surface area contributed by atoms with Crippen molar-refractivity contribution in [2.24, 2.45) is 0 Å². The maximum absolute atomic E-state index is 5.81. The van der Waals surface area contributed by atoms with Crippen LogP contribution in [0.1, 0.15) is 39.0 Å². The highest BCUT2D eigenvalue weighted by Gasteiger charge is 2.49. The van der Waals surface area contributed by atoms with Gasteiger partial charge in [0.05, 0.1) is 11.7 Å². The molecule has 0 aromatic heterocycles. The van der Waals surface area contributed by atoms with Crippen LogP contribution in [0.5, 0.6) is 0 Å². The second kappa shape index (κ2) is 1.72. The van der Waals surface area contributed by atoms with Crippen molar-refractivity contribution in [1.29, 1.82) is 0 Å². The molecule has 2 aliphatic rings. The van der Waals surface area contributed by atoms with Gasteiger partial charge in [0.25, 0.3) is 0 Å². The Bertz CT molecular complexity index is 116. The largest absolute Gasteiger partial charge is 0.372 e. The summed E-state index contributed by atoms with van der Waals surface area (Å²) in [5.41, 5.74) is 0.417. The maximum Gasteiger partial charge on any atom is 0.0689 e. The summed E-state index contributed by atoms with van der Waals surface area (Å²) in [6, 6.07) is 0. The lowest BCUT2D eigenvalue weighted by atomic mass is 10.1. The fourth-order valence-electron chi connectivity index (χ4n) is 1.69. The lowest BCUT2D eigenvalue weighted by Gasteiger charge is -2.08. The van der Waals surface area contributed by atoms with Gasteiger partial charge in [-0.25, -0.2) is 0 Å². The first-order valence-electron chi connectivity index (χ1n) is 4.02. The fourth-order valence-corrected chi connectivity index (χ4v) is 1.69. The third kappa shape index (κ3) is 0.877. The zero-order valence-corrected chi connectivity index (χ0v) is 6.02. The van der Waals surface area contributed by atoms with Crippen LogP contribution in [0.15, 0.2) is 0 Å². The van der Waals surface area contributed by atoms with Crippen LogP contribution in [0.4, 0.5) is 0 Å². The highest BCUT2D eigenvalue weighted by Crippen LogP contribution is 2.49. The van der Waals surface area contributed by atoms with Crippen molar-refractivity contribution in [3.05, 3.63) is 0 Å². The Morgan fingerprint density at radius 2 is 2.22 bits per heavy atom. The molecule has 0 aromatic carbocycles. The van der Waals surface area contributed by atoms with Crippen LogP contribution in [0.25, 0.3) is 0 Å².